The molecule has 0 radical (unpaired) electrons. The van der Waals surface area contributed by atoms with E-state index in [4.69, 9.17) is 8.94 Å². The van der Waals surface area contributed by atoms with Crippen molar-refractivity contribution in [2.45, 2.75) is 6.18 Å². The summed E-state index contributed by atoms with van der Waals surface area (Å²) in [6, 6.07) is 9.13. The number of fused-ring (bicyclic) bond motifs is 1. The van der Waals surface area contributed by atoms with Crippen molar-refractivity contribution >= 4 is 22.7 Å². The van der Waals surface area contributed by atoms with Crippen molar-refractivity contribution in [3.05, 3.63) is 70.3 Å². The maximum absolute atomic E-state index is 13.3. The number of aromatic nitrogens is 2. The van der Waals surface area contributed by atoms with Gasteiger partial charge in [0.05, 0.1) is 17.3 Å². The maximum atomic E-state index is 13.3. The Morgan fingerprint density at radius 2 is 1.93 bits per heavy atom. The highest BCUT2D eigenvalue weighted by Crippen LogP contribution is 2.38. The van der Waals surface area contributed by atoms with E-state index in [0.717, 1.165) is 12.3 Å². The van der Waals surface area contributed by atoms with Gasteiger partial charge in [0.25, 0.3) is 5.91 Å². The lowest BCUT2D eigenvalue weighted by Crippen LogP contribution is -2.13. The molecule has 28 heavy (non-hydrogen) atoms. The van der Waals surface area contributed by atoms with E-state index in [0.29, 0.717) is 16.8 Å². The van der Waals surface area contributed by atoms with E-state index < -0.39 is 23.4 Å². The monoisotopic (exact) mass is 389 g/mol. The van der Waals surface area contributed by atoms with Crippen LogP contribution in [-0.2, 0) is 6.18 Å². The van der Waals surface area contributed by atoms with E-state index in [1.165, 1.54) is 36.4 Å². The minimum Gasteiger partial charge on any atom is -0.408 e. The van der Waals surface area contributed by atoms with Crippen LogP contribution in [0.5, 0.6) is 0 Å². The second-order valence-electron chi connectivity index (χ2n) is 5.79. The molecule has 0 atom stereocenters. The second-order valence-corrected chi connectivity index (χ2v) is 5.79. The Hall–Kier alpha value is -3.82. The Labute approximate surface area is 153 Å². The molecule has 142 valence electrons. The zero-order valence-electron chi connectivity index (χ0n) is 13.8. The third kappa shape index (κ3) is 3.15. The number of rotatable bonds is 3. The Morgan fingerprint density at radius 1 is 1.14 bits per heavy atom. The topological polar surface area (TPSA) is 101 Å². The molecule has 0 unspecified atom stereocenters. The van der Waals surface area contributed by atoms with Gasteiger partial charge in [0.15, 0.2) is 11.3 Å². The summed E-state index contributed by atoms with van der Waals surface area (Å²) in [5, 5.41) is 6.00. The third-order valence-corrected chi connectivity index (χ3v) is 3.97. The summed E-state index contributed by atoms with van der Waals surface area (Å²) in [6.07, 6.45) is -3.59. The number of amides is 1. The summed E-state index contributed by atoms with van der Waals surface area (Å²) in [4.78, 5) is 26.2. The van der Waals surface area contributed by atoms with Crippen molar-refractivity contribution in [3.8, 4) is 11.3 Å². The highest BCUT2D eigenvalue weighted by molar-refractivity contribution is 6.08. The number of aromatic amines is 1. The van der Waals surface area contributed by atoms with Gasteiger partial charge in [-0.3, -0.25) is 9.78 Å². The summed E-state index contributed by atoms with van der Waals surface area (Å²) in [5.74, 6) is -1.68. The van der Waals surface area contributed by atoms with Crippen molar-refractivity contribution in [3.63, 3.8) is 0 Å². The SMILES string of the molecule is O=C(Nc1ccc2oc(=O)[nH]c2c1)c1cnoc1-c1ccccc1C(F)(F)F. The lowest BCUT2D eigenvalue weighted by atomic mass is 10.0. The number of anilines is 1. The van der Waals surface area contributed by atoms with E-state index in [1.54, 1.807) is 0 Å². The van der Waals surface area contributed by atoms with Gasteiger partial charge in [0, 0.05) is 11.3 Å². The van der Waals surface area contributed by atoms with Crippen molar-refractivity contribution in [2.24, 2.45) is 0 Å². The number of nitrogens with zero attached hydrogens (tertiary/aromatic N) is 1. The molecule has 2 heterocycles. The molecule has 4 rings (SSSR count). The van der Waals surface area contributed by atoms with Crippen molar-refractivity contribution in [1.29, 1.82) is 0 Å². The molecule has 0 bridgehead atoms. The van der Waals surface area contributed by atoms with Gasteiger partial charge in [-0.05, 0) is 24.3 Å². The van der Waals surface area contributed by atoms with Gasteiger partial charge in [-0.15, -0.1) is 0 Å². The van der Waals surface area contributed by atoms with Crippen LogP contribution in [0.4, 0.5) is 18.9 Å². The number of oxazole rings is 1. The molecule has 2 aromatic carbocycles. The van der Waals surface area contributed by atoms with Gasteiger partial charge >= 0.3 is 11.9 Å². The Morgan fingerprint density at radius 3 is 2.71 bits per heavy atom. The Kier molecular flexibility index (Phi) is 4.03. The molecule has 10 heteroatoms. The lowest BCUT2D eigenvalue weighted by molar-refractivity contribution is -0.137. The van der Waals surface area contributed by atoms with Crippen LogP contribution in [0.1, 0.15) is 15.9 Å². The first-order chi connectivity index (χ1) is 13.3. The molecule has 2 aromatic heterocycles. The average Bonchev–Trinajstić information content (AvgIpc) is 3.26. The van der Waals surface area contributed by atoms with Gasteiger partial charge < -0.3 is 14.3 Å². The minimum atomic E-state index is -4.63. The number of nitrogens with one attached hydrogen (secondary N) is 2. The van der Waals surface area contributed by atoms with Crippen LogP contribution in [0.2, 0.25) is 0 Å². The molecular formula is C18H10F3N3O4. The first-order valence-electron chi connectivity index (χ1n) is 7.88. The molecule has 0 fully saturated rings. The van der Waals surface area contributed by atoms with Gasteiger partial charge in [0.2, 0.25) is 0 Å². The highest BCUT2D eigenvalue weighted by Gasteiger charge is 2.35. The van der Waals surface area contributed by atoms with Crippen LogP contribution in [-0.4, -0.2) is 16.0 Å². The molecule has 2 N–H and O–H groups in total. The number of H-pyrrole nitrogens is 1. The fraction of sp³-hybridized carbons (Fsp3) is 0.0556. The van der Waals surface area contributed by atoms with Crippen LogP contribution in [0.3, 0.4) is 0 Å². The molecule has 0 saturated heterocycles. The van der Waals surface area contributed by atoms with Crippen molar-refractivity contribution in [1.82, 2.24) is 10.1 Å². The first-order valence-corrected chi connectivity index (χ1v) is 7.88. The fourth-order valence-corrected chi connectivity index (χ4v) is 2.75. The standard InChI is InChI=1S/C18H10F3N3O4/c19-18(20,21)12-4-2-1-3-10(12)15-11(8-22-28-15)16(25)23-9-5-6-14-13(7-9)24-17(26)27-14/h1-8H,(H,23,25)(H,24,26). The molecule has 0 aliphatic carbocycles. The summed E-state index contributed by atoms with van der Waals surface area (Å²) in [6.45, 7) is 0. The zero-order valence-corrected chi connectivity index (χ0v) is 13.8. The van der Waals surface area contributed by atoms with E-state index in [2.05, 4.69) is 15.5 Å². The Balaban J connectivity index is 1.69. The Bertz CT molecular complexity index is 1240. The average molecular weight is 389 g/mol. The fourth-order valence-electron chi connectivity index (χ4n) is 2.75. The van der Waals surface area contributed by atoms with Gasteiger partial charge in [-0.25, -0.2) is 4.79 Å². The normalized spacial score (nSPS) is 11.7. The van der Waals surface area contributed by atoms with E-state index in [1.807, 2.05) is 0 Å². The number of carbonyl (C=O) groups excluding carboxylic acids is 1. The summed E-state index contributed by atoms with van der Waals surface area (Å²) < 4.78 is 49.6. The second kappa shape index (κ2) is 6.41. The van der Waals surface area contributed by atoms with Crippen LogP contribution in [0.15, 0.2) is 62.4 Å². The summed E-state index contributed by atoms with van der Waals surface area (Å²) >= 11 is 0. The molecule has 4 aromatic rings. The zero-order chi connectivity index (χ0) is 19.9. The van der Waals surface area contributed by atoms with E-state index >= 15 is 0 Å². The molecular weight excluding hydrogens is 379 g/mol. The molecule has 0 aliphatic rings. The lowest BCUT2D eigenvalue weighted by Gasteiger charge is -2.11. The molecule has 1 amide bonds. The van der Waals surface area contributed by atoms with Crippen molar-refractivity contribution in [2.75, 3.05) is 5.32 Å². The predicted octanol–water partition coefficient (Wildman–Crippen LogP) is 4.05. The van der Waals surface area contributed by atoms with Gasteiger partial charge in [0.1, 0.15) is 5.56 Å². The predicted molar refractivity (Wildman–Crippen MR) is 91.7 cm³/mol. The van der Waals surface area contributed by atoms with Gasteiger partial charge in [-0.1, -0.05) is 23.4 Å². The number of halogens is 3. The number of carbonyl (C=O) groups is 1. The molecule has 7 nitrogen and oxygen atoms in total. The highest BCUT2D eigenvalue weighted by atomic mass is 19.4. The maximum Gasteiger partial charge on any atom is 0.417 e. The molecule has 0 saturated carbocycles. The number of alkyl halides is 3. The van der Waals surface area contributed by atoms with Crippen LogP contribution in [0.25, 0.3) is 22.4 Å². The quantitative estimate of drug-likeness (QED) is 0.551. The van der Waals surface area contributed by atoms with Crippen LogP contribution >= 0.6 is 0 Å². The molecule has 0 spiro atoms. The number of hydrogen-bond donors (Lipinski definition) is 2. The van der Waals surface area contributed by atoms with E-state index in [9.17, 15) is 22.8 Å². The van der Waals surface area contributed by atoms with Gasteiger partial charge in [-0.2, -0.15) is 13.2 Å². The van der Waals surface area contributed by atoms with Crippen molar-refractivity contribution < 1.29 is 26.9 Å². The first kappa shape index (κ1) is 17.6. The summed E-state index contributed by atoms with van der Waals surface area (Å²) in [7, 11) is 0. The van der Waals surface area contributed by atoms with E-state index in [-0.39, 0.29) is 16.9 Å². The smallest absolute Gasteiger partial charge is 0.408 e. The van der Waals surface area contributed by atoms with Crippen LogP contribution in [0, 0.1) is 0 Å². The minimum absolute atomic E-state index is 0.169. The number of benzene rings is 2. The molecule has 0 aliphatic heterocycles. The largest absolute Gasteiger partial charge is 0.417 e. The summed E-state index contributed by atoms with van der Waals surface area (Å²) in [5.41, 5.74) is -0.461. The van der Waals surface area contributed by atoms with Crippen LogP contribution < -0.4 is 11.1 Å². The number of hydrogen-bond acceptors (Lipinski definition) is 5. The third-order valence-electron chi connectivity index (χ3n) is 3.97.